The molecule has 1 aromatic heterocycles. The van der Waals surface area contributed by atoms with Crippen molar-refractivity contribution >= 4 is 5.69 Å². The number of rotatable bonds is 2. The van der Waals surface area contributed by atoms with E-state index in [0.717, 1.165) is 12.1 Å². The second-order valence-corrected chi connectivity index (χ2v) is 3.17. The zero-order chi connectivity index (χ0) is 8.27. The average molecular weight is 150 g/mol. The van der Waals surface area contributed by atoms with E-state index in [9.17, 15) is 0 Å². The molecule has 0 saturated heterocycles. The van der Waals surface area contributed by atoms with Crippen LogP contribution in [0.5, 0.6) is 0 Å². The van der Waals surface area contributed by atoms with E-state index in [-0.39, 0.29) is 0 Å². The quantitative estimate of drug-likeness (QED) is 0.699. The van der Waals surface area contributed by atoms with Crippen molar-refractivity contribution in [3.63, 3.8) is 0 Å². The highest BCUT2D eigenvalue weighted by Crippen LogP contribution is 2.13. The van der Waals surface area contributed by atoms with Crippen molar-refractivity contribution in [1.29, 1.82) is 0 Å². The summed E-state index contributed by atoms with van der Waals surface area (Å²) in [5, 5.41) is 0. The third kappa shape index (κ3) is 2.22. The van der Waals surface area contributed by atoms with Crippen molar-refractivity contribution in [3.8, 4) is 0 Å². The van der Waals surface area contributed by atoms with Crippen LogP contribution in [0.15, 0.2) is 18.5 Å². The van der Waals surface area contributed by atoms with Gasteiger partial charge in [0.25, 0.3) is 0 Å². The van der Waals surface area contributed by atoms with Crippen LogP contribution in [0.25, 0.3) is 0 Å². The van der Waals surface area contributed by atoms with Crippen LogP contribution in [-0.4, -0.2) is 4.98 Å². The standard InChI is InChI=1S/C9H14N2/c1-7(2)5-8-3-4-11-6-9(8)10/h3-4,6-7H,5,10H2,1-2H3. The van der Waals surface area contributed by atoms with Crippen molar-refractivity contribution in [2.45, 2.75) is 20.3 Å². The lowest BCUT2D eigenvalue weighted by Crippen LogP contribution is -1.99. The first-order valence-corrected chi connectivity index (χ1v) is 3.88. The first kappa shape index (κ1) is 8.05. The fraction of sp³-hybridized carbons (Fsp3) is 0.444. The van der Waals surface area contributed by atoms with E-state index >= 15 is 0 Å². The Labute approximate surface area is 67.5 Å². The molecule has 2 heteroatoms. The van der Waals surface area contributed by atoms with Gasteiger partial charge >= 0.3 is 0 Å². The van der Waals surface area contributed by atoms with E-state index < -0.39 is 0 Å². The molecule has 0 aliphatic heterocycles. The van der Waals surface area contributed by atoms with Crippen LogP contribution in [-0.2, 0) is 6.42 Å². The van der Waals surface area contributed by atoms with Crippen molar-refractivity contribution in [2.75, 3.05) is 5.73 Å². The van der Waals surface area contributed by atoms with Gasteiger partial charge in [0.2, 0.25) is 0 Å². The third-order valence-corrected chi connectivity index (χ3v) is 1.57. The molecule has 11 heavy (non-hydrogen) atoms. The summed E-state index contributed by atoms with van der Waals surface area (Å²) in [7, 11) is 0. The van der Waals surface area contributed by atoms with E-state index in [4.69, 9.17) is 5.73 Å². The monoisotopic (exact) mass is 150 g/mol. The topological polar surface area (TPSA) is 38.9 Å². The van der Waals surface area contributed by atoms with Gasteiger partial charge in [-0.15, -0.1) is 0 Å². The molecule has 60 valence electrons. The van der Waals surface area contributed by atoms with E-state index in [2.05, 4.69) is 18.8 Å². The molecule has 0 fully saturated rings. The first-order valence-electron chi connectivity index (χ1n) is 3.88. The zero-order valence-corrected chi connectivity index (χ0v) is 7.04. The largest absolute Gasteiger partial charge is 0.397 e. The fourth-order valence-corrected chi connectivity index (χ4v) is 1.06. The fourth-order valence-electron chi connectivity index (χ4n) is 1.06. The molecule has 0 radical (unpaired) electrons. The highest BCUT2D eigenvalue weighted by atomic mass is 14.7. The third-order valence-electron chi connectivity index (χ3n) is 1.57. The zero-order valence-electron chi connectivity index (χ0n) is 7.04. The van der Waals surface area contributed by atoms with Gasteiger partial charge in [-0.05, 0) is 24.0 Å². The molecule has 0 spiro atoms. The van der Waals surface area contributed by atoms with Crippen molar-refractivity contribution in [2.24, 2.45) is 5.92 Å². The maximum atomic E-state index is 5.71. The van der Waals surface area contributed by atoms with Gasteiger partial charge in [0.05, 0.1) is 11.9 Å². The summed E-state index contributed by atoms with van der Waals surface area (Å²) in [6, 6.07) is 1.98. The van der Waals surface area contributed by atoms with Gasteiger partial charge in [0.15, 0.2) is 0 Å². The molecule has 0 saturated carbocycles. The second kappa shape index (κ2) is 3.37. The molecule has 0 unspecified atom stereocenters. The van der Waals surface area contributed by atoms with Crippen LogP contribution in [0.1, 0.15) is 19.4 Å². The average Bonchev–Trinajstić information content (AvgIpc) is 1.93. The van der Waals surface area contributed by atoms with Crippen LogP contribution < -0.4 is 5.73 Å². The summed E-state index contributed by atoms with van der Waals surface area (Å²) < 4.78 is 0. The molecule has 1 rings (SSSR count). The Hall–Kier alpha value is -1.05. The smallest absolute Gasteiger partial charge is 0.0533 e. The number of nitrogens with zero attached hydrogens (tertiary/aromatic N) is 1. The normalized spacial score (nSPS) is 10.5. The van der Waals surface area contributed by atoms with Gasteiger partial charge in [-0.25, -0.2) is 0 Å². The van der Waals surface area contributed by atoms with Gasteiger partial charge in [0, 0.05) is 6.20 Å². The molecule has 0 atom stereocenters. The number of anilines is 1. The molecule has 0 aromatic carbocycles. The molecule has 1 aromatic rings. The number of hydrogen-bond acceptors (Lipinski definition) is 2. The van der Waals surface area contributed by atoms with Crippen LogP contribution in [0.4, 0.5) is 5.69 Å². The summed E-state index contributed by atoms with van der Waals surface area (Å²) in [5.74, 6) is 0.652. The maximum Gasteiger partial charge on any atom is 0.0533 e. The minimum Gasteiger partial charge on any atom is -0.397 e. The van der Waals surface area contributed by atoms with Crippen molar-refractivity contribution in [1.82, 2.24) is 4.98 Å². The summed E-state index contributed by atoms with van der Waals surface area (Å²) in [6.45, 7) is 4.36. The van der Waals surface area contributed by atoms with Gasteiger partial charge in [-0.3, -0.25) is 4.98 Å². The Morgan fingerprint density at radius 3 is 2.82 bits per heavy atom. The highest BCUT2D eigenvalue weighted by Gasteiger charge is 2.00. The molecule has 0 amide bonds. The lowest BCUT2D eigenvalue weighted by molar-refractivity contribution is 0.648. The minimum atomic E-state index is 0.652. The highest BCUT2D eigenvalue weighted by molar-refractivity contribution is 5.43. The molecule has 2 N–H and O–H groups in total. The molecular formula is C9H14N2. The number of aromatic nitrogens is 1. The predicted octanol–water partition coefficient (Wildman–Crippen LogP) is 1.86. The summed E-state index contributed by atoms with van der Waals surface area (Å²) >= 11 is 0. The van der Waals surface area contributed by atoms with Crippen molar-refractivity contribution in [3.05, 3.63) is 24.0 Å². The van der Waals surface area contributed by atoms with E-state index in [0.29, 0.717) is 5.92 Å². The summed E-state index contributed by atoms with van der Waals surface area (Å²) in [5.41, 5.74) is 7.72. The number of nitrogen functional groups attached to an aromatic ring is 1. The first-order chi connectivity index (χ1) is 5.20. The number of nitrogens with two attached hydrogens (primary N) is 1. The van der Waals surface area contributed by atoms with E-state index in [1.165, 1.54) is 5.56 Å². The predicted molar refractivity (Wildman–Crippen MR) is 47.2 cm³/mol. The van der Waals surface area contributed by atoms with E-state index in [1.54, 1.807) is 12.4 Å². The Morgan fingerprint density at radius 2 is 2.27 bits per heavy atom. The van der Waals surface area contributed by atoms with Gasteiger partial charge < -0.3 is 5.73 Å². The second-order valence-electron chi connectivity index (χ2n) is 3.17. The Bertz CT molecular complexity index is 231. The summed E-state index contributed by atoms with van der Waals surface area (Å²) in [4.78, 5) is 3.93. The lowest BCUT2D eigenvalue weighted by atomic mass is 10.0. The lowest BCUT2D eigenvalue weighted by Gasteiger charge is -2.06. The molecule has 1 heterocycles. The Kier molecular flexibility index (Phi) is 2.47. The maximum absolute atomic E-state index is 5.71. The summed E-state index contributed by atoms with van der Waals surface area (Å²) in [6.07, 6.45) is 4.53. The van der Waals surface area contributed by atoms with Crippen LogP contribution in [0.3, 0.4) is 0 Å². The molecule has 0 aliphatic carbocycles. The molecule has 0 bridgehead atoms. The van der Waals surface area contributed by atoms with Crippen LogP contribution in [0, 0.1) is 5.92 Å². The Morgan fingerprint density at radius 1 is 1.55 bits per heavy atom. The minimum absolute atomic E-state index is 0.652. The number of hydrogen-bond donors (Lipinski definition) is 1. The van der Waals surface area contributed by atoms with Crippen LogP contribution in [0.2, 0.25) is 0 Å². The molecule has 2 nitrogen and oxygen atoms in total. The Balaban J connectivity index is 2.78. The van der Waals surface area contributed by atoms with Gasteiger partial charge in [-0.2, -0.15) is 0 Å². The van der Waals surface area contributed by atoms with E-state index in [1.807, 2.05) is 6.07 Å². The van der Waals surface area contributed by atoms with Crippen LogP contribution >= 0.6 is 0 Å². The number of pyridine rings is 1. The molecular weight excluding hydrogens is 136 g/mol. The van der Waals surface area contributed by atoms with Gasteiger partial charge in [-0.1, -0.05) is 13.8 Å². The SMILES string of the molecule is CC(C)Cc1ccncc1N. The molecule has 0 aliphatic rings. The van der Waals surface area contributed by atoms with Crippen molar-refractivity contribution < 1.29 is 0 Å². The van der Waals surface area contributed by atoms with Gasteiger partial charge in [0.1, 0.15) is 0 Å².